The van der Waals surface area contributed by atoms with Crippen molar-refractivity contribution in [3.63, 3.8) is 0 Å². The first-order chi connectivity index (χ1) is 11.5. The Kier molecular flexibility index (Phi) is 7.15. The Morgan fingerprint density at radius 1 is 1.25 bits per heavy atom. The molecular weight excluding hydrogens is 309 g/mol. The van der Waals surface area contributed by atoms with Gasteiger partial charge in [-0.05, 0) is 30.8 Å². The second kappa shape index (κ2) is 9.11. The number of aliphatic hydroxyl groups is 1. The highest BCUT2D eigenvalue weighted by Gasteiger charge is 2.23. The van der Waals surface area contributed by atoms with E-state index in [1.165, 1.54) is 12.1 Å². The highest BCUT2D eigenvalue weighted by molar-refractivity contribution is 5.78. The van der Waals surface area contributed by atoms with E-state index >= 15 is 0 Å². The van der Waals surface area contributed by atoms with Gasteiger partial charge in [-0.3, -0.25) is 14.6 Å². The number of nitrogens with zero attached hydrogens (tertiary/aromatic N) is 3. The van der Waals surface area contributed by atoms with Gasteiger partial charge in [-0.1, -0.05) is 26.0 Å². The van der Waals surface area contributed by atoms with E-state index < -0.39 is 6.10 Å². The van der Waals surface area contributed by atoms with Crippen LogP contribution in [0.4, 0.5) is 4.39 Å². The molecule has 24 heavy (non-hydrogen) atoms. The standard InChI is InChI=1S/C18H28FN3O2/c1-3-20(4-2)14-18(24)22-10-8-21(9-11-22)13-17(23)15-6-5-7-16(19)12-15/h5-7,12,17,23H,3-4,8-11,13-14H2,1-2H3. The van der Waals surface area contributed by atoms with Crippen LogP contribution in [0.3, 0.4) is 0 Å². The van der Waals surface area contributed by atoms with Gasteiger partial charge in [0.15, 0.2) is 0 Å². The van der Waals surface area contributed by atoms with E-state index in [1.54, 1.807) is 12.1 Å². The minimum Gasteiger partial charge on any atom is -0.387 e. The first-order valence-electron chi connectivity index (χ1n) is 8.69. The number of carbonyl (C=O) groups excluding carboxylic acids is 1. The fraction of sp³-hybridized carbons (Fsp3) is 0.611. The van der Waals surface area contributed by atoms with E-state index in [4.69, 9.17) is 0 Å². The average molecular weight is 337 g/mol. The molecule has 2 rings (SSSR count). The van der Waals surface area contributed by atoms with Crippen molar-refractivity contribution in [2.45, 2.75) is 20.0 Å². The second-order valence-electron chi connectivity index (χ2n) is 6.21. The van der Waals surface area contributed by atoms with E-state index in [-0.39, 0.29) is 11.7 Å². The minimum absolute atomic E-state index is 0.170. The van der Waals surface area contributed by atoms with Crippen LogP contribution in [-0.4, -0.2) is 78.1 Å². The third kappa shape index (κ3) is 5.26. The average Bonchev–Trinajstić information content (AvgIpc) is 2.60. The number of benzene rings is 1. The molecule has 0 saturated carbocycles. The zero-order chi connectivity index (χ0) is 17.5. The summed E-state index contributed by atoms with van der Waals surface area (Å²) in [4.78, 5) is 18.4. The molecule has 5 nitrogen and oxygen atoms in total. The van der Waals surface area contributed by atoms with Crippen molar-refractivity contribution in [1.29, 1.82) is 0 Å². The van der Waals surface area contributed by atoms with Crippen molar-refractivity contribution in [3.05, 3.63) is 35.6 Å². The maximum atomic E-state index is 13.2. The number of piperazine rings is 1. The topological polar surface area (TPSA) is 47.0 Å². The molecule has 0 bridgehead atoms. The third-order valence-electron chi connectivity index (χ3n) is 4.64. The molecular formula is C18H28FN3O2. The van der Waals surface area contributed by atoms with Crippen LogP contribution < -0.4 is 0 Å². The Morgan fingerprint density at radius 2 is 1.92 bits per heavy atom. The minimum atomic E-state index is -0.710. The summed E-state index contributed by atoms with van der Waals surface area (Å²) in [6.45, 7) is 9.62. The van der Waals surface area contributed by atoms with E-state index in [1.807, 2.05) is 4.90 Å². The van der Waals surface area contributed by atoms with E-state index in [0.717, 1.165) is 26.2 Å². The van der Waals surface area contributed by atoms with Crippen LogP contribution in [0.2, 0.25) is 0 Å². The summed E-state index contributed by atoms with van der Waals surface area (Å²) in [5.41, 5.74) is 0.593. The number of aliphatic hydroxyl groups excluding tert-OH is 1. The maximum absolute atomic E-state index is 13.2. The molecule has 1 unspecified atom stereocenters. The van der Waals surface area contributed by atoms with Crippen molar-refractivity contribution in [2.24, 2.45) is 0 Å². The molecule has 1 aliphatic rings. The van der Waals surface area contributed by atoms with Crippen LogP contribution in [0, 0.1) is 5.82 Å². The number of halogens is 1. The Bertz CT molecular complexity index is 529. The molecule has 1 aromatic rings. The number of rotatable bonds is 7. The molecule has 6 heteroatoms. The Labute approximate surface area is 143 Å². The largest absolute Gasteiger partial charge is 0.387 e. The first kappa shape index (κ1) is 18.8. The number of hydrogen-bond donors (Lipinski definition) is 1. The molecule has 0 aliphatic carbocycles. The molecule has 1 heterocycles. The normalized spacial score (nSPS) is 17.3. The predicted molar refractivity (Wildman–Crippen MR) is 92.2 cm³/mol. The van der Waals surface area contributed by atoms with Crippen LogP contribution in [0.15, 0.2) is 24.3 Å². The summed E-state index contributed by atoms with van der Waals surface area (Å²) in [6.07, 6.45) is -0.710. The van der Waals surface area contributed by atoms with Crippen LogP contribution in [0.5, 0.6) is 0 Å². The molecule has 1 aromatic carbocycles. The van der Waals surface area contributed by atoms with Gasteiger partial charge in [0.1, 0.15) is 5.82 Å². The summed E-state index contributed by atoms with van der Waals surface area (Å²) >= 11 is 0. The van der Waals surface area contributed by atoms with Gasteiger partial charge in [0, 0.05) is 32.7 Å². The van der Waals surface area contributed by atoms with Crippen molar-refractivity contribution >= 4 is 5.91 Å². The monoisotopic (exact) mass is 337 g/mol. The van der Waals surface area contributed by atoms with Crippen LogP contribution in [0.25, 0.3) is 0 Å². The molecule has 1 atom stereocenters. The van der Waals surface area contributed by atoms with Crippen molar-refractivity contribution < 1.29 is 14.3 Å². The van der Waals surface area contributed by atoms with E-state index in [9.17, 15) is 14.3 Å². The fourth-order valence-corrected chi connectivity index (χ4v) is 2.98. The number of amides is 1. The van der Waals surface area contributed by atoms with Gasteiger partial charge < -0.3 is 10.0 Å². The molecule has 1 amide bonds. The van der Waals surface area contributed by atoms with Crippen molar-refractivity contribution in [3.8, 4) is 0 Å². The zero-order valence-corrected chi connectivity index (χ0v) is 14.6. The van der Waals surface area contributed by atoms with Gasteiger partial charge >= 0.3 is 0 Å². The maximum Gasteiger partial charge on any atom is 0.236 e. The van der Waals surface area contributed by atoms with Gasteiger partial charge in [0.25, 0.3) is 0 Å². The lowest BCUT2D eigenvalue weighted by Gasteiger charge is -2.36. The summed E-state index contributed by atoms with van der Waals surface area (Å²) in [5.74, 6) is -0.164. The predicted octanol–water partition coefficient (Wildman–Crippen LogP) is 1.35. The van der Waals surface area contributed by atoms with Gasteiger partial charge in [-0.2, -0.15) is 0 Å². The van der Waals surface area contributed by atoms with Crippen LogP contribution in [-0.2, 0) is 4.79 Å². The molecule has 0 spiro atoms. The highest BCUT2D eigenvalue weighted by atomic mass is 19.1. The molecule has 1 fully saturated rings. The van der Waals surface area contributed by atoms with Crippen LogP contribution >= 0.6 is 0 Å². The fourth-order valence-electron chi connectivity index (χ4n) is 2.98. The summed E-state index contributed by atoms with van der Waals surface area (Å²) in [5, 5.41) is 10.3. The van der Waals surface area contributed by atoms with Gasteiger partial charge in [-0.15, -0.1) is 0 Å². The lowest BCUT2D eigenvalue weighted by atomic mass is 10.1. The Morgan fingerprint density at radius 3 is 2.50 bits per heavy atom. The number of hydrogen-bond acceptors (Lipinski definition) is 4. The van der Waals surface area contributed by atoms with Gasteiger partial charge in [-0.25, -0.2) is 4.39 Å². The summed E-state index contributed by atoms with van der Waals surface area (Å²) < 4.78 is 13.2. The summed E-state index contributed by atoms with van der Waals surface area (Å²) in [7, 11) is 0. The molecule has 0 aromatic heterocycles. The number of carbonyl (C=O) groups is 1. The molecule has 0 radical (unpaired) electrons. The SMILES string of the molecule is CCN(CC)CC(=O)N1CCN(CC(O)c2cccc(F)c2)CC1. The first-order valence-corrected chi connectivity index (χ1v) is 8.69. The molecule has 1 saturated heterocycles. The Balaban J connectivity index is 1.79. The van der Waals surface area contributed by atoms with Crippen molar-refractivity contribution in [1.82, 2.24) is 14.7 Å². The lowest BCUT2D eigenvalue weighted by molar-refractivity contribution is -0.134. The zero-order valence-electron chi connectivity index (χ0n) is 14.6. The van der Waals surface area contributed by atoms with E-state index in [0.29, 0.717) is 31.7 Å². The molecule has 1 N–H and O–H groups in total. The highest BCUT2D eigenvalue weighted by Crippen LogP contribution is 2.16. The van der Waals surface area contributed by atoms with Gasteiger partial charge in [0.05, 0.1) is 12.6 Å². The second-order valence-corrected chi connectivity index (χ2v) is 6.21. The lowest BCUT2D eigenvalue weighted by Crippen LogP contribution is -2.51. The Hall–Kier alpha value is -1.50. The number of β-amino-alcohol motifs (C(OH)–C–C–N with tert-alkyl or cyclic N) is 1. The quantitative estimate of drug-likeness (QED) is 0.816. The number of likely N-dealkylation sites (N-methyl/N-ethyl adjacent to an activating group) is 1. The smallest absolute Gasteiger partial charge is 0.236 e. The van der Waals surface area contributed by atoms with Gasteiger partial charge in [0.2, 0.25) is 5.91 Å². The third-order valence-corrected chi connectivity index (χ3v) is 4.64. The summed E-state index contributed by atoms with van der Waals surface area (Å²) in [6, 6.07) is 6.08. The van der Waals surface area contributed by atoms with Crippen LogP contribution in [0.1, 0.15) is 25.5 Å². The van der Waals surface area contributed by atoms with Crippen molar-refractivity contribution in [2.75, 3.05) is 52.4 Å². The molecule has 1 aliphatic heterocycles. The van der Waals surface area contributed by atoms with E-state index in [2.05, 4.69) is 23.6 Å². The molecule has 134 valence electrons.